The molecule has 0 radical (unpaired) electrons. The summed E-state index contributed by atoms with van der Waals surface area (Å²) in [6.45, 7) is 0.310. The average Bonchev–Trinajstić information content (AvgIpc) is 3.16. The van der Waals surface area contributed by atoms with Crippen molar-refractivity contribution >= 4 is 26.5 Å². The van der Waals surface area contributed by atoms with Crippen molar-refractivity contribution in [2.45, 2.75) is 25.4 Å². The normalized spacial score (nSPS) is 17.2. The molecule has 0 aromatic heterocycles. The van der Waals surface area contributed by atoms with Crippen molar-refractivity contribution in [2.24, 2.45) is 0 Å². The van der Waals surface area contributed by atoms with E-state index in [0.29, 0.717) is 24.5 Å². The molecular formula is C25H27NO5S. The maximum Gasteiger partial charge on any atom is 0.227 e. The van der Waals surface area contributed by atoms with E-state index < -0.39 is 9.84 Å². The average molecular weight is 454 g/mol. The first-order valence-electron chi connectivity index (χ1n) is 10.6. The molecule has 3 aromatic carbocycles. The first-order chi connectivity index (χ1) is 15.4. The van der Waals surface area contributed by atoms with E-state index in [2.05, 4.69) is 0 Å². The van der Waals surface area contributed by atoms with E-state index in [1.807, 2.05) is 54.6 Å². The van der Waals surface area contributed by atoms with Crippen LogP contribution in [-0.2, 0) is 27.6 Å². The molecule has 0 unspecified atom stereocenters. The summed E-state index contributed by atoms with van der Waals surface area (Å²) in [6, 6.07) is 19.1. The maximum atomic E-state index is 13.5. The van der Waals surface area contributed by atoms with Gasteiger partial charge in [-0.15, -0.1) is 0 Å². The number of amides is 1. The number of methoxy groups -OCH3 is 2. The van der Waals surface area contributed by atoms with Crippen molar-refractivity contribution in [3.8, 4) is 11.5 Å². The van der Waals surface area contributed by atoms with Crippen LogP contribution < -0.4 is 9.47 Å². The third-order valence-corrected chi connectivity index (χ3v) is 7.74. The molecule has 0 N–H and O–H groups in total. The molecule has 4 rings (SSSR count). The van der Waals surface area contributed by atoms with E-state index in [1.165, 1.54) is 0 Å². The molecule has 32 heavy (non-hydrogen) atoms. The van der Waals surface area contributed by atoms with Crippen LogP contribution in [0.2, 0.25) is 0 Å². The standard InChI is InChI=1S/C25H27NO5S/c1-30-23-11-10-18(14-24(23)31-2)16-26(21-12-13-32(28,29)17-21)25(27)15-20-8-5-7-19-6-3-4-9-22(19)20/h3-11,14,21H,12-13,15-17H2,1-2H3/t21-/m0/s1. The minimum absolute atomic E-state index is 0.00155. The van der Waals surface area contributed by atoms with Crippen molar-refractivity contribution < 1.29 is 22.7 Å². The molecule has 0 aliphatic carbocycles. The van der Waals surface area contributed by atoms with Crippen molar-refractivity contribution in [2.75, 3.05) is 25.7 Å². The van der Waals surface area contributed by atoms with Crippen LogP contribution in [0.15, 0.2) is 60.7 Å². The van der Waals surface area contributed by atoms with Gasteiger partial charge in [-0.3, -0.25) is 4.79 Å². The lowest BCUT2D eigenvalue weighted by Crippen LogP contribution is -2.41. The summed E-state index contributed by atoms with van der Waals surface area (Å²) >= 11 is 0. The maximum absolute atomic E-state index is 13.5. The molecule has 1 fully saturated rings. The van der Waals surface area contributed by atoms with E-state index in [1.54, 1.807) is 25.2 Å². The minimum atomic E-state index is -3.14. The first kappa shape index (κ1) is 22.1. The molecule has 3 aromatic rings. The van der Waals surface area contributed by atoms with Gasteiger partial charge < -0.3 is 14.4 Å². The largest absolute Gasteiger partial charge is 0.493 e. The van der Waals surface area contributed by atoms with E-state index in [9.17, 15) is 13.2 Å². The Morgan fingerprint density at radius 3 is 2.47 bits per heavy atom. The van der Waals surface area contributed by atoms with Gasteiger partial charge in [0.2, 0.25) is 5.91 Å². The molecule has 1 heterocycles. The Kier molecular flexibility index (Phi) is 6.37. The van der Waals surface area contributed by atoms with Gasteiger partial charge in [-0.05, 0) is 40.5 Å². The zero-order chi connectivity index (χ0) is 22.7. The third kappa shape index (κ3) is 4.72. The Morgan fingerprint density at radius 2 is 1.75 bits per heavy atom. The molecule has 1 aliphatic heterocycles. The Morgan fingerprint density at radius 1 is 1.00 bits per heavy atom. The summed E-state index contributed by atoms with van der Waals surface area (Å²) in [5.74, 6) is 1.21. The number of benzene rings is 3. The van der Waals surface area contributed by atoms with Gasteiger partial charge in [0.15, 0.2) is 21.3 Å². The zero-order valence-electron chi connectivity index (χ0n) is 18.3. The van der Waals surface area contributed by atoms with Crippen LogP contribution in [0.4, 0.5) is 0 Å². The summed E-state index contributed by atoms with van der Waals surface area (Å²) in [6.07, 6.45) is 0.669. The second-order valence-corrected chi connectivity index (χ2v) is 10.3. The highest BCUT2D eigenvalue weighted by molar-refractivity contribution is 7.91. The minimum Gasteiger partial charge on any atom is -0.493 e. The van der Waals surface area contributed by atoms with Gasteiger partial charge in [-0.1, -0.05) is 48.5 Å². The fraction of sp³-hybridized carbons (Fsp3) is 0.320. The van der Waals surface area contributed by atoms with E-state index in [4.69, 9.17) is 9.47 Å². The highest BCUT2D eigenvalue weighted by atomic mass is 32.2. The fourth-order valence-electron chi connectivity index (χ4n) is 4.33. The summed E-state index contributed by atoms with van der Waals surface area (Å²) in [5.41, 5.74) is 1.80. The molecule has 0 spiro atoms. The molecule has 1 amide bonds. The number of carbonyl (C=O) groups excluding carboxylic acids is 1. The quantitative estimate of drug-likeness (QED) is 0.546. The number of ether oxygens (including phenoxy) is 2. The summed E-state index contributed by atoms with van der Waals surface area (Å²) < 4.78 is 35.0. The lowest BCUT2D eigenvalue weighted by molar-refractivity contribution is -0.133. The Hall–Kier alpha value is -3.06. The monoisotopic (exact) mass is 453 g/mol. The number of fused-ring (bicyclic) bond motifs is 1. The van der Waals surface area contributed by atoms with Crippen LogP contribution in [-0.4, -0.2) is 51.0 Å². The van der Waals surface area contributed by atoms with Gasteiger partial charge in [0.1, 0.15) is 0 Å². The Bertz CT molecular complexity index is 1230. The fourth-order valence-corrected chi connectivity index (χ4v) is 6.06. The molecule has 1 aliphatic rings. The second-order valence-electron chi connectivity index (χ2n) is 8.08. The van der Waals surface area contributed by atoms with Gasteiger partial charge in [0, 0.05) is 12.6 Å². The molecule has 0 bridgehead atoms. The van der Waals surface area contributed by atoms with Crippen LogP contribution >= 0.6 is 0 Å². The number of carbonyl (C=O) groups is 1. The SMILES string of the molecule is COc1ccc(CN(C(=O)Cc2cccc3ccccc23)[C@H]2CCS(=O)(=O)C2)cc1OC. The van der Waals surface area contributed by atoms with Crippen LogP contribution in [0.3, 0.4) is 0 Å². The topological polar surface area (TPSA) is 72.9 Å². The third-order valence-electron chi connectivity index (χ3n) is 5.99. The van der Waals surface area contributed by atoms with Crippen molar-refractivity contribution in [1.29, 1.82) is 0 Å². The van der Waals surface area contributed by atoms with E-state index in [0.717, 1.165) is 21.9 Å². The lowest BCUT2D eigenvalue weighted by atomic mass is 10.0. The number of rotatable bonds is 7. The first-order valence-corrected chi connectivity index (χ1v) is 12.4. The number of hydrogen-bond acceptors (Lipinski definition) is 5. The summed E-state index contributed by atoms with van der Waals surface area (Å²) in [4.78, 5) is 15.2. The van der Waals surface area contributed by atoms with Crippen LogP contribution in [0.5, 0.6) is 11.5 Å². The van der Waals surface area contributed by atoms with Crippen molar-refractivity contribution in [3.63, 3.8) is 0 Å². The molecule has 1 saturated heterocycles. The van der Waals surface area contributed by atoms with Crippen LogP contribution in [0.25, 0.3) is 10.8 Å². The lowest BCUT2D eigenvalue weighted by Gasteiger charge is -2.29. The van der Waals surface area contributed by atoms with Gasteiger partial charge >= 0.3 is 0 Å². The van der Waals surface area contributed by atoms with Gasteiger partial charge in [0.05, 0.1) is 32.1 Å². The number of hydrogen-bond donors (Lipinski definition) is 0. The Labute approximate surface area is 188 Å². The molecular weight excluding hydrogens is 426 g/mol. The Balaban J connectivity index is 1.64. The van der Waals surface area contributed by atoms with Crippen LogP contribution in [0, 0.1) is 0 Å². The predicted octanol–water partition coefficient (Wildman–Crippen LogP) is 3.62. The van der Waals surface area contributed by atoms with Crippen LogP contribution in [0.1, 0.15) is 17.5 Å². The number of nitrogens with zero attached hydrogens (tertiary/aromatic N) is 1. The summed E-state index contributed by atoms with van der Waals surface area (Å²) in [5, 5.41) is 2.11. The summed E-state index contributed by atoms with van der Waals surface area (Å²) in [7, 11) is -0.00143. The zero-order valence-corrected chi connectivity index (χ0v) is 19.1. The smallest absolute Gasteiger partial charge is 0.227 e. The van der Waals surface area contributed by atoms with Crippen molar-refractivity contribution in [3.05, 3.63) is 71.8 Å². The molecule has 7 heteroatoms. The molecule has 6 nitrogen and oxygen atoms in total. The predicted molar refractivity (Wildman–Crippen MR) is 125 cm³/mol. The number of sulfone groups is 1. The molecule has 168 valence electrons. The molecule has 0 saturated carbocycles. The van der Waals surface area contributed by atoms with Crippen molar-refractivity contribution in [1.82, 2.24) is 4.90 Å². The van der Waals surface area contributed by atoms with E-state index in [-0.39, 0.29) is 29.9 Å². The highest BCUT2D eigenvalue weighted by Crippen LogP contribution is 2.30. The second kappa shape index (κ2) is 9.20. The van der Waals surface area contributed by atoms with Gasteiger partial charge in [0.25, 0.3) is 0 Å². The van der Waals surface area contributed by atoms with Gasteiger partial charge in [-0.25, -0.2) is 8.42 Å². The highest BCUT2D eigenvalue weighted by Gasteiger charge is 2.34. The molecule has 1 atom stereocenters. The van der Waals surface area contributed by atoms with Gasteiger partial charge in [-0.2, -0.15) is 0 Å². The van der Waals surface area contributed by atoms with E-state index >= 15 is 0 Å².